The molecule has 0 aliphatic carbocycles. The highest BCUT2D eigenvalue weighted by atomic mass is 16.6. The number of carbonyl (C=O) groups is 2. The van der Waals surface area contributed by atoms with Crippen LogP contribution < -0.4 is 16.0 Å². The molecule has 12 heteroatoms. The van der Waals surface area contributed by atoms with Gasteiger partial charge in [-0.3, -0.25) is 15.0 Å². The summed E-state index contributed by atoms with van der Waals surface area (Å²) in [6.45, 7) is -0.213. The third-order valence-electron chi connectivity index (χ3n) is 5.47. The van der Waals surface area contributed by atoms with Crippen LogP contribution >= 0.6 is 0 Å². The number of nitrogens with one attached hydrogen (secondary N) is 1. The first-order valence-electron chi connectivity index (χ1n) is 10.6. The van der Waals surface area contributed by atoms with Crippen LogP contribution in [-0.4, -0.2) is 49.3 Å². The first kappa shape index (κ1) is 25.7. The molecular formula is C24H23N5O7. The van der Waals surface area contributed by atoms with Gasteiger partial charge in [0.05, 0.1) is 60.3 Å². The normalized spacial score (nSPS) is 15.3. The summed E-state index contributed by atoms with van der Waals surface area (Å²) in [6, 6.07) is 14.2. The summed E-state index contributed by atoms with van der Waals surface area (Å²) in [6.07, 6.45) is 0. The predicted octanol–water partition coefficient (Wildman–Crippen LogP) is 1.90. The van der Waals surface area contributed by atoms with Gasteiger partial charge < -0.3 is 25.6 Å². The van der Waals surface area contributed by atoms with Gasteiger partial charge in [-0.05, 0) is 11.6 Å². The van der Waals surface area contributed by atoms with Gasteiger partial charge in [-0.2, -0.15) is 5.26 Å². The van der Waals surface area contributed by atoms with Crippen LogP contribution in [0.1, 0.15) is 11.5 Å². The van der Waals surface area contributed by atoms with Crippen molar-refractivity contribution in [2.24, 2.45) is 5.73 Å². The fourth-order valence-corrected chi connectivity index (χ4v) is 3.92. The average molecular weight is 493 g/mol. The quantitative estimate of drug-likeness (QED) is 0.277. The topological polar surface area (TPSA) is 181 Å². The molecule has 4 N–H and O–H groups in total. The maximum absolute atomic E-state index is 13.2. The minimum atomic E-state index is -1.08. The molecule has 0 saturated heterocycles. The predicted molar refractivity (Wildman–Crippen MR) is 128 cm³/mol. The molecule has 12 nitrogen and oxygen atoms in total. The van der Waals surface area contributed by atoms with E-state index in [1.165, 1.54) is 12.1 Å². The summed E-state index contributed by atoms with van der Waals surface area (Å²) < 4.78 is 9.94. The van der Waals surface area contributed by atoms with Crippen molar-refractivity contribution < 1.29 is 29.1 Å². The van der Waals surface area contributed by atoms with Crippen molar-refractivity contribution in [3.8, 4) is 6.07 Å². The van der Waals surface area contributed by atoms with E-state index in [9.17, 15) is 30.1 Å². The lowest BCUT2D eigenvalue weighted by molar-refractivity contribution is -0.384. The van der Waals surface area contributed by atoms with Crippen molar-refractivity contribution in [1.29, 1.82) is 5.26 Å². The highest BCUT2D eigenvalue weighted by Crippen LogP contribution is 2.45. The van der Waals surface area contributed by atoms with E-state index in [1.54, 1.807) is 30.3 Å². The number of nitrogens with two attached hydrogens (primary N) is 1. The number of esters is 2. The van der Waals surface area contributed by atoms with Crippen molar-refractivity contribution in [1.82, 2.24) is 0 Å². The molecule has 36 heavy (non-hydrogen) atoms. The second-order valence-electron chi connectivity index (χ2n) is 7.44. The summed E-state index contributed by atoms with van der Waals surface area (Å²) in [4.78, 5) is 38.2. The zero-order valence-corrected chi connectivity index (χ0v) is 19.4. The first-order valence-corrected chi connectivity index (χ1v) is 10.6. The number of rotatable bonds is 8. The molecule has 1 aliphatic rings. The van der Waals surface area contributed by atoms with Gasteiger partial charge in [0.2, 0.25) is 0 Å². The standard InChI is InChI=1S/C24H23N5O7/c1-35-23(31)20-19(14-6-4-3-5-7-14)16(13-25)22(26)28(21(20)24(32)36-2)18-12-15(29(33)34)8-9-17(18)27-10-11-30/h3-9,12,19,27,30H,10-11,26H2,1-2H3. The van der Waals surface area contributed by atoms with Crippen LogP contribution in [-0.2, 0) is 19.1 Å². The summed E-state index contributed by atoms with van der Waals surface area (Å²) >= 11 is 0. The maximum Gasteiger partial charge on any atom is 0.355 e. The van der Waals surface area contributed by atoms with Gasteiger partial charge >= 0.3 is 11.9 Å². The molecule has 2 aromatic rings. The second-order valence-corrected chi connectivity index (χ2v) is 7.44. The number of non-ortho nitro benzene ring substituents is 1. The Kier molecular flexibility index (Phi) is 7.88. The largest absolute Gasteiger partial charge is 0.466 e. The number of nitro groups is 1. The van der Waals surface area contributed by atoms with Crippen LogP contribution in [0.5, 0.6) is 0 Å². The molecule has 0 spiro atoms. The number of methoxy groups -OCH3 is 2. The Hall–Kier alpha value is -4.89. The minimum absolute atomic E-state index is 0.0174. The summed E-state index contributed by atoms with van der Waals surface area (Å²) in [5.74, 6) is -3.24. The van der Waals surface area contributed by atoms with Crippen molar-refractivity contribution >= 4 is 29.0 Å². The van der Waals surface area contributed by atoms with Crippen molar-refractivity contribution in [2.75, 3.05) is 37.6 Å². The Bertz CT molecular complexity index is 1300. The van der Waals surface area contributed by atoms with Crippen molar-refractivity contribution in [3.05, 3.63) is 86.9 Å². The van der Waals surface area contributed by atoms with Gasteiger partial charge in [-0.25, -0.2) is 9.59 Å². The number of carbonyl (C=O) groups excluding carboxylic acids is 2. The lowest BCUT2D eigenvalue weighted by Gasteiger charge is -2.36. The lowest BCUT2D eigenvalue weighted by Crippen LogP contribution is -2.41. The number of allylic oxidation sites excluding steroid dienone is 1. The van der Waals surface area contributed by atoms with Crippen LogP contribution in [0.15, 0.2) is 71.2 Å². The molecule has 0 radical (unpaired) electrons. The van der Waals surface area contributed by atoms with E-state index >= 15 is 0 Å². The van der Waals surface area contributed by atoms with E-state index in [-0.39, 0.29) is 52.9 Å². The van der Waals surface area contributed by atoms with Crippen molar-refractivity contribution in [2.45, 2.75) is 5.92 Å². The van der Waals surface area contributed by atoms with Gasteiger partial charge in [0.15, 0.2) is 0 Å². The Morgan fingerprint density at radius 3 is 2.42 bits per heavy atom. The average Bonchev–Trinajstić information content (AvgIpc) is 2.90. The summed E-state index contributed by atoms with van der Waals surface area (Å²) in [7, 11) is 2.21. The van der Waals surface area contributed by atoms with E-state index < -0.39 is 22.8 Å². The number of aliphatic hydroxyl groups is 1. The molecule has 0 saturated carbocycles. The number of nitro benzene ring substituents is 1. The van der Waals surface area contributed by atoms with Crippen molar-refractivity contribution in [3.63, 3.8) is 0 Å². The number of hydrogen-bond donors (Lipinski definition) is 3. The van der Waals surface area contributed by atoms with Crippen LogP contribution in [0.2, 0.25) is 0 Å². The third kappa shape index (κ3) is 4.68. The van der Waals surface area contributed by atoms with Gasteiger partial charge in [-0.1, -0.05) is 30.3 Å². The second kappa shape index (κ2) is 11.0. The van der Waals surface area contributed by atoms with Gasteiger partial charge in [0.25, 0.3) is 5.69 Å². The molecular weight excluding hydrogens is 470 g/mol. The fraction of sp³-hybridized carbons (Fsp3) is 0.208. The van der Waals surface area contributed by atoms with Crippen LogP contribution in [0, 0.1) is 21.4 Å². The van der Waals surface area contributed by atoms with Gasteiger partial charge in [0.1, 0.15) is 11.5 Å². The molecule has 1 aliphatic heterocycles. The van der Waals surface area contributed by atoms with E-state index in [4.69, 9.17) is 15.2 Å². The zero-order chi connectivity index (χ0) is 26.4. The maximum atomic E-state index is 13.2. The monoisotopic (exact) mass is 493 g/mol. The van der Waals surface area contributed by atoms with Crippen LogP contribution in [0.3, 0.4) is 0 Å². The highest BCUT2D eigenvalue weighted by molar-refractivity contribution is 6.07. The first-order chi connectivity index (χ1) is 17.3. The smallest absolute Gasteiger partial charge is 0.355 e. The molecule has 0 fully saturated rings. The van der Waals surface area contributed by atoms with E-state index in [1.807, 2.05) is 6.07 Å². The molecule has 1 atom stereocenters. The third-order valence-corrected chi connectivity index (χ3v) is 5.47. The molecule has 0 amide bonds. The number of nitrogens with zero attached hydrogens (tertiary/aromatic N) is 3. The SMILES string of the molecule is COC(=O)C1=C(C(=O)OC)N(c2cc([N+](=O)[O-])ccc2NCCO)C(N)=C(C#N)C1c1ccccc1. The number of anilines is 2. The number of nitriles is 1. The van der Waals surface area contributed by atoms with E-state index in [2.05, 4.69) is 5.32 Å². The number of aliphatic hydroxyl groups excluding tert-OH is 1. The van der Waals surface area contributed by atoms with E-state index in [0.717, 1.165) is 25.2 Å². The molecule has 3 rings (SSSR count). The Morgan fingerprint density at radius 1 is 1.19 bits per heavy atom. The zero-order valence-electron chi connectivity index (χ0n) is 19.4. The van der Waals surface area contributed by atoms with E-state index in [0.29, 0.717) is 5.56 Å². The number of ether oxygens (including phenoxy) is 2. The van der Waals surface area contributed by atoms with Gasteiger partial charge in [0, 0.05) is 18.7 Å². The molecule has 2 aromatic carbocycles. The highest BCUT2D eigenvalue weighted by Gasteiger charge is 2.43. The number of benzene rings is 2. The summed E-state index contributed by atoms with van der Waals surface area (Å²) in [5, 5.41) is 33.8. The van der Waals surface area contributed by atoms with Gasteiger partial charge in [-0.15, -0.1) is 0 Å². The molecule has 0 bridgehead atoms. The Balaban J connectivity index is 2.46. The fourth-order valence-electron chi connectivity index (χ4n) is 3.92. The van der Waals surface area contributed by atoms with Crippen LogP contribution in [0.4, 0.5) is 17.1 Å². The molecule has 0 aromatic heterocycles. The lowest BCUT2D eigenvalue weighted by atomic mass is 9.81. The summed E-state index contributed by atoms with van der Waals surface area (Å²) in [5.41, 5.74) is 6.10. The minimum Gasteiger partial charge on any atom is -0.466 e. The Morgan fingerprint density at radius 2 is 1.86 bits per heavy atom. The number of hydrogen-bond acceptors (Lipinski definition) is 11. The van der Waals surface area contributed by atoms with Crippen LogP contribution in [0.25, 0.3) is 0 Å². The molecule has 1 unspecified atom stereocenters. The molecule has 186 valence electrons. The molecule has 1 heterocycles. The Labute approximate surface area is 206 Å².